The molecule has 1 aliphatic heterocycles. The van der Waals surface area contributed by atoms with Crippen LogP contribution in [-0.4, -0.2) is 65.9 Å². The van der Waals surface area contributed by atoms with E-state index in [0.29, 0.717) is 32.7 Å². The molecule has 1 saturated heterocycles. The first-order valence-corrected chi connectivity index (χ1v) is 6.16. The number of amides is 2. The highest BCUT2D eigenvalue weighted by Crippen LogP contribution is 2.04. The molecule has 104 valence electrons. The van der Waals surface area contributed by atoms with Crippen molar-refractivity contribution in [3.8, 4) is 0 Å². The Morgan fingerprint density at radius 2 is 2.06 bits per heavy atom. The van der Waals surface area contributed by atoms with Crippen LogP contribution in [0.15, 0.2) is 0 Å². The third-order valence-electron chi connectivity index (χ3n) is 2.95. The molecule has 0 radical (unpaired) electrons. The second-order valence-corrected chi connectivity index (χ2v) is 4.30. The van der Waals surface area contributed by atoms with E-state index < -0.39 is 5.97 Å². The molecule has 0 aromatic rings. The maximum absolute atomic E-state index is 12.0. The van der Waals surface area contributed by atoms with Gasteiger partial charge < -0.3 is 14.7 Å². The van der Waals surface area contributed by atoms with Crippen LogP contribution < -0.4 is 5.43 Å². The van der Waals surface area contributed by atoms with Crippen LogP contribution in [0.5, 0.6) is 0 Å². The van der Waals surface area contributed by atoms with E-state index in [0.717, 1.165) is 0 Å². The fourth-order valence-corrected chi connectivity index (χ4v) is 1.67. The van der Waals surface area contributed by atoms with Crippen molar-refractivity contribution in [1.29, 1.82) is 0 Å². The van der Waals surface area contributed by atoms with E-state index in [1.807, 2.05) is 13.8 Å². The zero-order valence-electron chi connectivity index (χ0n) is 10.9. The number of carboxylic acids is 1. The van der Waals surface area contributed by atoms with E-state index in [1.165, 1.54) is 4.90 Å². The Kier molecular flexibility index (Phi) is 5.87. The SMILES string of the molecule is CCC(C)N(CC(=O)O)C(=O)NN1CCOCC1. The van der Waals surface area contributed by atoms with Crippen LogP contribution in [0.3, 0.4) is 0 Å². The highest BCUT2D eigenvalue weighted by molar-refractivity contribution is 5.80. The average molecular weight is 259 g/mol. The van der Waals surface area contributed by atoms with Gasteiger partial charge in [-0.2, -0.15) is 0 Å². The van der Waals surface area contributed by atoms with Gasteiger partial charge in [-0.1, -0.05) is 6.92 Å². The number of carbonyl (C=O) groups excluding carboxylic acids is 1. The predicted octanol–water partition coefficient (Wildman–Crippen LogP) is 0.128. The van der Waals surface area contributed by atoms with Crippen molar-refractivity contribution in [1.82, 2.24) is 15.3 Å². The van der Waals surface area contributed by atoms with Gasteiger partial charge in [0.1, 0.15) is 6.54 Å². The number of carbonyl (C=O) groups is 2. The number of hydrogen-bond acceptors (Lipinski definition) is 4. The second kappa shape index (κ2) is 7.17. The number of rotatable bonds is 5. The molecule has 0 bridgehead atoms. The Balaban J connectivity index is 2.54. The molecule has 1 fully saturated rings. The van der Waals surface area contributed by atoms with Gasteiger partial charge in [0, 0.05) is 19.1 Å². The van der Waals surface area contributed by atoms with Gasteiger partial charge in [0.15, 0.2) is 0 Å². The molecule has 0 aromatic heterocycles. The number of urea groups is 1. The zero-order chi connectivity index (χ0) is 13.5. The van der Waals surface area contributed by atoms with E-state index in [1.54, 1.807) is 5.01 Å². The van der Waals surface area contributed by atoms with Gasteiger partial charge in [-0.25, -0.2) is 9.80 Å². The first-order chi connectivity index (χ1) is 8.54. The van der Waals surface area contributed by atoms with Crippen molar-refractivity contribution in [3.05, 3.63) is 0 Å². The summed E-state index contributed by atoms with van der Waals surface area (Å²) in [6.45, 7) is 5.85. The lowest BCUT2D eigenvalue weighted by molar-refractivity contribution is -0.138. The number of aliphatic carboxylic acids is 1. The van der Waals surface area contributed by atoms with E-state index in [2.05, 4.69) is 5.43 Å². The highest BCUT2D eigenvalue weighted by Gasteiger charge is 2.23. The standard InChI is InChI=1S/C11H21N3O4/c1-3-9(2)14(8-10(15)16)11(17)12-13-4-6-18-7-5-13/h9H,3-8H2,1-2H3,(H,12,17)(H,15,16). The Morgan fingerprint density at radius 3 is 2.56 bits per heavy atom. The lowest BCUT2D eigenvalue weighted by atomic mass is 10.2. The zero-order valence-corrected chi connectivity index (χ0v) is 10.9. The van der Waals surface area contributed by atoms with Crippen molar-refractivity contribution in [2.24, 2.45) is 0 Å². The maximum Gasteiger partial charge on any atom is 0.332 e. The van der Waals surface area contributed by atoms with Crippen LogP contribution in [-0.2, 0) is 9.53 Å². The van der Waals surface area contributed by atoms with Gasteiger partial charge in [0.05, 0.1) is 13.2 Å². The summed E-state index contributed by atoms with van der Waals surface area (Å²) in [6, 6.07) is -0.476. The molecule has 1 heterocycles. The number of carboxylic acid groups (broad SMARTS) is 1. The Labute approximate surface area is 107 Å². The molecule has 1 rings (SSSR count). The molecule has 0 aliphatic carbocycles. The number of ether oxygens (including phenoxy) is 1. The van der Waals surface area contributed by atoms with Gasteiger partial charge in [-0.05, 0) is 13.3 Å². The van der Waals surface area contributed by atoms with Gasteiger partial charge in [0.2, 0.25) is 0 Å². The second-order valence-electron chi connectivity index (χ2n) is 4.30. The number of hydrazine groups is 1. The molecule has 1 aliphatic rings. The Morgan fingerprint density at radius 1 is 1.44 bits per heavy atom. The lowest BCUT2D eigenvalue weighted by Crippen LogP contribution is -2.55. The van der Waals surface area contributed by atoms with Crippen molar-refractivity contribution < 1.29 is 19.4 Å². The van der Waals surface area contributed by atoms with Crippen LogP contribution >= 0.6 is 0 Å². The van der Waals surface area contributed by atoms with Crippen LogP contribution in [0.2, 0.25) is 0 Å². The summed E-state index contributed by atoms with van der Waals surface area (Å²) in [5.41, 5.74) is 2.72. The van der Waals surface area contributed by atoms with Crippen LogP contribution in [0.4, 0.5) is 4.79 Å². The average Bonchev–Trinajstić information content (AvgIpc) is 2.36. The van der Waals surface area contributed by atoms with Crippen LogP contribution in [0.1, 0.15) is 20.3 Å². The Hall–Kier alpha value is -1.34. The molecular weight excluding hydrogens is 238 g/mol. The molecule has 1 unspecified atom stereocenters. The first kappa shape index (κ1) is 14.7. The lowest BCUT2D eigenvalue weighted by Gasteiger charge is -2.32. The number of morpholine rings is 1. The van der Waals surface area contributed by atoms with E-state index in [9.17, 15) is 9.59 Å². The molecule has 0 saturated carbocycles. The fraction of sp³-hybridized carbons (Fsp3) is 0.818. The summed E-state index contributed by atoms with van der Waals surface area (Å²) >= 11 is 0. The fourth-order valence-electron chi connectivity index (χ4n) is 1.67. The topological polar surface area (TPSA) is 82.1 Å². The molecule has 7 nitrogen and oxygen atoms in total. The minimum atomic E-state index is -1.01. The minimum absolute atomic E-state index is 0.109. The van der Waals surface area contributed by atoms with Crippen LogP contribution in [0.25, 0.3) is 0 Å². The van der Waals surface area contributed by atoms with E-state index in [-0.39, 0.29) is 18.6 Å². The van der Waals surface area contributed by atoms with Crippen molar-refractivity contribution in [2.45, 2.75) is 26.3 Å². The van der Waals surface area contributed by atoms with E-state index in [4.69, 9.17) is 9.84 Å². The monoisotopic (exact) mass is 259 g/mol. The maximum atomic E-state index is 12.0. The largest absolute Gasteiger partial charge is 0.480 e. The van der Waals surface area contributed by atoms with Gasteiger partial charge in [0.25, 0.3) is 0 Å². The Bertz CT molecular complexity index is 292. The number of nitrogens with one attached hydrogen (secondary N) is 1. The minimum Gasteiger partial charge on any atom is -0.480 e. The summed E-state index contributed by atoms with van der Waals surface area (Å²) < 4.78 is 5.17. The van der Waals surface area contributed by atoms with Crippen LogP contribution in [0, 0.1) is 0 Å². The van der Waals surface area contributed by atoms with Gasteiger partial charge in [-0.15, -0.1) is 0 Å². The number of nitrogens with zero attached hydrogens (tertiary/aromatic N) is 2. The smallest absolute Gasteiger partial charge is 0.332 e. The van der Waals surface area contributed by atoms with Crippen molar-refractivity contribution in [2.75, 3.05) is 32.8 Å². The molecular formula is C11H21N3O4. The number of hydrogen-bond donors (Lipinski definition) is 2. The highest BCUT2D eigenvalue weighted by atomic mass is 16.5. The summed E-state index contributed by atoms with van der Waals surface area (Å²) in [5.74, 6) is -1.01. The third kappa shape index (κ3) is 4.50. The van der Waals surface area contributed by atoms with Crippen molar-refractivity contribution >= 4 is 12.0 Å². The van der Waals surface area contributed by atoms with Gasteiger partial charge >= 0.3 is 12.0 Å². The van der Waals surface area contributed by atoms with E-state index >= 15 is 0 Å². The molecule has 2 amide bonds. The van der Waals surface area contributed by atoms with Crippen molar-refractivity contribution in [3.63, 3.8) is 0 Å². The summed E-state index contributed by atoms with van der Waals surface area (Å²) in [6.07, 6.45) is 0.712. The molecule has 7 heteroatoms. The summed E-state index contributed by atoms with van der Waals surface area (Å²) in [7, 11) is 0. The molecule has 0 aromatic carbocycles. The third-order valence-corrected chi connectivity index (χ3v) is 2.95. The predicted molar refractivity (Wildman–Crippen MR) is 65.0 cm³/mol. The summed E-state index contributed by atoms with van der Waals surface area (Å²) in [4.78, 5) is 24.1. The molecule has 2 N–H and O–H groups in total. The van der Waals surface area contributed by atoms with Gasteiger partial charge in [-0.3, -0.25) is 10.2 Å². The molecule has 0 spiro atoms. The first-order valence-electron chi connectivity index (χ1n) is 6.16. The molecule has 1 atom stereocenters. The summed E-state index contributed by atoms with van der Waals surface area (Å²) in [5, 5.41) is 10.6. The quantitative estimate of drug-likeness (QED) is 0.733. The normalized spacial score (nSPS) is 18.1. The molecule has 18 heavy (non-hydrogen) atoms.